The molecule has 0 unspecified atom stereocenters. The van der Waals surface area contributed by atoms with Gasteiger partial charge in [0.2, 0.25) is 0 Å². The van der Waals surface area contributed by atoms with Crippen LogP contribution in [-0.4, -0.2) is 118 Å². The molecule has 0 heterocycles. The molecule has 0 atom stereocenters. The van der Waals surface area contributed by atoms with Gasteiger partial charge in [-0.15, -0.1) is 0 Å². The summed E-state index contributed by atoms with van der Waals surface area (Å²) < 4.78 is 559. The fourth-order valence-electron chi connectivity index (χ4n) is 3.94. The van der Waals surface area contributed by atoms with Gasteiger partial charge in [-0.1, -0.05) is 11.6 Å². The monoisotopic (exact) mass is 1050 g/mol. The van der Waals surface area contributed by atoms with Crippen LogP contribution in [0.25, 0.3) is 0 Å². The fourth-order valence-corrected chi connectivity index (χ4v) is 4.18. The second kappa shape index (κ2) is 14.0. The number of rotatable bonds is 15. The summed E-state index contributed by atoms with van der Waals surface area (Å²) in [6.45, 7) is 0. The fraction of sp³-hybridized carbons (Fsp3) is 1.00. The molecule has 0 nitrogen and oxygen atoms in total. The summed E-state index contributed by atoms with van der Waals surface area (Å²) in [7, 11) is 0. The van der Waals surface area contributed by atoms with Gasteiger partial charge in [0.05, 0.1) is 0 Å². The Morgan fingerprint density at radius 1 is 0.145 bits per heavy atom. The Bertz CT molecular complexity index is 1510. The number of hydrogen-bond acceptors (Lipinski definition) is 0. The predicted molar refractivity (Wildman–Crippen MR) is 106 cm³/mol. The summed E-state index contributed by atoms with van der Waals surface area (Å²) in [5.74, 6) is -146. The first-order chi connectivity index (χ1) is 25.8. The molecule has 0 radical (unpaired) electrons. The first-order valence-electron chi connectivity index (χ1n) is 12.7. The maximum absolute atomic E-state index is 15.6. The van der Waals surface area contributed by atoms with Gasteiger partial charge in [0.1, 0.15) is 0 Å². The second-order valence-corrected chi connectivity index (χ2v) is 11.9. The van der Waals surface area contributed by atoms with E-state index in [1.165, 1.54) is 0 Å². The van der Waals surface area contributed by atoms with Crippen molar-refractivity contribution in [1.29, 1.82) is 0 Å². The molecular formula is C20ClF41. The summed E-state index contributed by atoms with van der Waals surface area (Å²) in [6, 6.07) is 0. The smallest absolute Gasteiger partial charge is 0.227 e. The van der Waals surface area contributed by atoms with E-state index in [0.29, 0.717) is 0 Å². The zero-order valence-electron chi connectivity index (χ0n) is 25.9. The predicted octanol–water partition coefficient (Wildman–Crippen LogP) is 13.8. The van der Waals surface area contributed by atoms with Crippen LogP contribution in [0.15, 0.2) is 0 Å². The average molecular weight is 1050 g/mol. The highest BCUT2D eigenvalue weighted by Gasteiger charge is 3.06. The van der Waals surface area contributed by atoms with Crippen molar-refractivity contribution in [2.24, 2.45) is 0 Å². The molecule has 0 aromatic rings. The van der Waals surface area contributed by atoms with Crippen molar-refractivity contribution in [1.82, 2.24) is 0 Å². The Kier molecular flexibility index (Phi) is 13.4. The van der Waals surface area contributed by atoms with Crippen LogP contribution in [0.4, 0.5) is 180 Å². The Balaban J connectivity index is 9.18. The molecule has 0 amide bonds. The van der Waals surface area contributed by atoms with Crippen molar-refractivity contribution < 1.29 is 180 Å². The van der Waals surface area contributed by atoms with Gasteiger partial charge in [0.25, 0.3) is 10.5 Å². The van der Waals surface area contributed by atoms with Crippen LogP contribution < -0.4 is 0 Å². The molecule has 62 heavy (non-hydrogen) atoms. The Morgan fingerprint density at radius 2 is 0.258 bits per heavy atom. The first kappa shape index (κ1) is 59.4. The zero-order chi connectivity index (χ0) is 52.0. The van der Waals surface area contributed by atoms with Crippen molar-refractivity contribution in [3.63, 3.8) is 0 Å². The van der Waals surface area contributed by atoms with Gasteiger partial charge >= 0.3 is 108 Å². The van der Waals surface area contributed by atoms with E-state index in [-0.39, 0.29) is 0 Å². The van der Waals surface area contributed by atoms with Gasteiger partial charge in [-0.2, -0.15) is 176 Å². The number of halogens is 42. The average Bonchev–Trinajstić information content (AvgIpc) is 3.00. The third-order valence-electron chi connectivity index (χ3n) is 7.57. The number of hydrogen-bond donors (Lipinski definition) is 0. The molecule has 0 aliphatic rings. The van der Waals surface area contributed by atoms with Crippen LogP contribution in [0.3, 0.4) is 0 Å². The maximum atomic E-state index is 15.6. The summed E-state index contributed by atoms with van der Waals surface area (Å²) in [6.07, 6.45) is -36.8. The molecule has 0 rings (SSSR count). The quantitative estimate of drug-likeness (QED) is 0.113. The lowest BCUT2D eigenvalue weighted by atomic mass is 9.69. The minimum absolute atomic E-state index is 2.95. The van der Waals surface area contributed by atoms with Gasteiger partial charge in [0, 0.05) is 0 Å². The van der Waals surface area contributed by atoms with Crippen molar-refractivity contribution >= 4 is 11.6 Å². The lowest BCUT2D eigenvalue weighted by Gasteiger charge is -2.53. The zero-order valence-corrected chi connectivity index (χ0v) is 26.6. The Morgan fingerprint density at radius 3 is 0.371 bits per heavy atom. The summed E-state index contributed by atoms with van der Waals surface area (Å²) in [4.78, 5) is -10.1. The molecule has 0 saturated carbocycles. The third kappa shape index (κ3) is 6.44. The van der Waals surface area contributed by atoms with E-state index < -0.39 is 118 Å². The minimum Gasteiger partial charge on any atom is -0.227 e. The van der Waals surface area contributed by atoms with E-state index in [1.807, 2.05) is 0 Å². The highest BCUT2D eigenvalue weighted by molar-refractivity contribution is 6.26. The van der Waals surface area contributed by atoms with Gasteiger partial charge in [-0.25, -0.2) is 4.39 Å². The molecule has 42 heteroatoms. The highest BCUT2D eigenvalue weighted by Crippen LogP contribution is 2.75. The third-order valence-corrected chi connectivity index (χ3v) is 8.25. The lowest BCUT2D eigenvalue weighted by molar-refractivity contribution is -0.493. The maximum Gasteiger partial charge on any atom is 0.460 e. The largest absolute Gasteiger partial charge is 0.460 e. The highest BCUT2D eigenvalue weighted by atomic mass is 35.5. The topological polar surface area (TPSA) is 0 Å². The van der Waals surface area contributed by atoms with E-state index in [1.54, 1.807) is 0 Å². The molecule has 374 valence electrons. The first-order valence-corrected chi connectivity index (χ1v) is 13.1. The molecule has 0 spiro atoms. The van der Waals surface area contributed by atoms with E-state index in [0.717, 1.165) is 0 Å². The lowest BCUT2D eigenvalue weighted by Crippen LogP contribution is -2.87. The van der Waals surface area contributed by atoms with E-state index in [2.05, 4.69) is 11.6 Å². The van der Waals surface area contributed by atoms with Gasteiger partial charge < -0.3 is 0 Å². The van der Waals surface area contributed by atoms with Crippen LogP contribution >= 0.6 is 11.6 Å². The molecule has 0 aromatic carbocycles. The van der Waals surface area contributed by atoms with Crippen molar-refractivity contribution in [2.75, 3.05) is 0 Å². The van der Waals surface area contributed by atoms with Crippen LogP contribution in [0.1, 0.15) is 0 Å². The van der Waals surface area contributed by atoms with Crippen LogP contribution in [0.5, 0.6) is 0 Å². The molecule has 0 saturated heterocycles. The van der Waals surface area contributed by atoms with Gasteiger partial charge in [-0.3, -0.25) is 0 Å². The van der Waals surface area contributed by atoms with Crippen LogP contribution in [0, 0.1) is 0 Å². The molecule has 0 fully saturated rings. The van der Waals surface area contributed by atoms with Gasteiger partial charge in [-0.05, 0) is 0 Å². The summed E-state index contributed by atoms with van der Waals surface area (Å²) >= 11 is 2.95. The second-order valence-electron chi connectivity index (χ2n) is 11.3. The van der Waals surface area contributed by atoms with Crippen LogP contribution in [-0.2, 0) is 0 Å². The van der Waals surface area contributed by atoms with Crippen molar-refractivity contribution in [2.45, 2.75) is 118 Å². The van der Waals surface area contributed by atoms with Crippen molar-refractivity contribution in [3.8, 4) is 0 Å². The van der Waals surface area contributed by atoms with Gasteiger partial charge in [0.15, 0.2) is 0 Å². The van der Waals surface area contributed by atoms with E-state index in [4.69, 9.17) is 0 Å². The molecule has 0 aliphatic carbocycles. The Labute approximate surface area is 311 Å². The summed E-state index contributed by atoms with van der Waals surface area (Å²) in [5, 5.41) is 0. The SMILES string of the molecule is FC(F)(F)C(F)(F)C(F)(F)C(F)(F)C(F)(F)C(F)(F)C(F)(F)C(F)(F)C(F)(C(F)(F)C(F)(F)C(F)(F)C(F)(F)C(F)(F)C(F)(F)C(F)(F)C(F)(F)F)C(Cl)(C(F)(F)F)C(F)(F)F. The van der Waals surface area contributed by atoms with E-state index >= 15 is 4.39 Å². The Hall–Kier alpha value is -2.58. The normalized spacial score (nSPS) is 17.5. The summed E-state index contributed by atoms with van der Waals surface area (Å²) in [5.41, 5.74) is -11.5. The van der Waals surface area contributed by atoms with Crippen molar-refractivity contribution in [3.05, 3.63) is 0 Å². The molecule has 0 N–H and O–H groups in total. The van der Waals surface area contributed by atoms with Crippen LogP contribution in [0.2, 0.25) is 0 Å². The minimum atomic E-state index is -11.5. The van der Waals surface area contributed by atoms with E-state index in [9.17, 15) is 176 Å². The molecule has 0 bridgehead atoms. The molecule has 0 aliphatic heterocycles. The standard InChI is InChI=1S/C20ClF41/c21-1(17(51,52)53,18(54,55)56)2(22,3(23,24)5(27,28)7(31,32)9(35,36)11(39,40)13(43,44)15(47,48)19(57,58)59)4(25,26)6(29,30)8(33,34)10(37,38)12(41,42)14(45,46)16(49,50)20(60,61)62. The number of alkyl halides is 42. The molecule has 0 aromatic heterocycles. The molecular weight excluding hydrogens is 1050 g/mol.